The van der Waals surface area contributed by atoms with Crippen LogP contribution >= 0.6 is 0 Å². The summed E-state index contributed by atoms with van der Waals surface area (Å²) in [5.74, 6) is -0.633. The summed E-state index contributed by atoms with van der Waals surface area (Å²) < 4.78 is 5.02. The summed E-state index contributed by atoms with van der Waals surface area (Å²) in [5.41, 5.74) is -0.509. The number of rotatable bonds is 6. The molecule has 16 heavy (non-hydrogen) atoms. The van der Waals surface area contributed by atoms with Gasteiger partial charge in [0.1, 0.15) is 0 Å². The fourth-order valence-corrected chi connectivity index (χ4v) is 2.46. The monoisotopic (exact) mass is 229 g/mol. The fraction of sp³-hybridized carbons (Fsp3) is 0.917. The largest absolute Gasteiger partial charge is 0.481 e. The molecule has 4 nitrogen and oxygen atoms in total. The van der Waals surface area contributed by atoms with E-state index in [2.05, 4.69) is 4.90 Å². The fourth-order valence-electron chi connectivity index (χ4n) is 2.46. The zero-order chi connectivity index (χ0) is 12.0. The summed E-state index contributed by atoms with van der Waals surface area (Å²) in [5, 5.41) is 9.33. The molecule has 1 heterocycles. The van der Waals surface area contributed by atoms with E-state index >= 15 is 0 Å². The summed E-state index contributed by atoms with van der Waals surface area (Å²) in [7, 11) is 1.70. The highest BCUT2D eigenvalue weighted by atomic mass is 16.5. The maximum atomic E-state index is 11.3. The Morgan fingerprint density at radius 2 is 2.31 bits per heavy atom. The molecule has 0 saturated carbocycles. The van der Waals surface area contributed by atoms with E-state index in [0.29, 0.717) is 6.54 Å². The van der Waals surface area contributed by atoms with E-state index in [-0.39, 0.29) is 0 Å². The van der Waals surface area contributed by atoms with Crippen LogP contribution in [0.15, 0.2) is 0 Å². The van der Waals surface area contributed by atoms with Gasteiger partial charge in [0, 0.05) is 26.8 Å². The smallest absolute Gasteiger partial charge is 0.310 e. The molecule has 94 valence electrons. The number of carboxylic acid groups (broad SMARTS) is 1. The van der Waals surface area contributed by atoms with Crippen LogP contribution in [0.4, 0.5) is 0 Å². The van der Waals surface area contributed by atoms with Crippen molar-refractivity contribution in [2.75, 3.05) is 33.4 Å². The molecular weight excluding hydrogens is 206 g/mol. The predicted molar refractivity (Wildman–Crippen MR) is 62.5 cm³/mol. The van der Waals surface area contributed by atoms with Crippen molar-refractivity contribution in [1.29, 1.82) is 0 Å². The van der Waals surface area contributed by atoms with E-state index in [4.69, 9.17) is 4.74 Å². The lowest BCUT2D eigenvalue weighted by Crippen LogP contribution is -2.47. The summed E-state index contributed by atoms with van der Waals surface area (Å²) >= 11 is 0. The Kier molecular flexibility index (Phi) is 5.22. The van der Waals surface area contributed by atoms with E-state index in [1.807, 2.05) is 6.92 Å². The highest BCUT2D eigenvalue weighted by Crippen LogP contribution is 2.33. The first kappa shape index (κ1) is 13.5. The first-order valence-electron chi connectivity index (χ1n) is 6.09. The molecule has 0 aromatic carbocycles. The normalized spacial score (nSPS) is 26.9. The van der Waals surface area contributed by atoms with E-state index < -0.39 is 11.4 Å². The minimum atomic E-state index is -0.633. The maximum Gasteiger partial charge on any atom is 0.310 e. The lowest BCUT2D eigenvalue weighted by molar-refractivity contribution is -0.152. The Balaban J connectivity index is 2.48. The molecule has 1 atom stereocenters. The summed E-state index contributed by atoms with van der Waals surface area (Å²) in [6, 6.07) is 0. The molecule has 0 spiro atoms. The standard InChI is InChI=1S/C12H23NO3/c1-3-12(11(14)15)6-4-7-13(10-12)8-5-9-16-2/h3-10H2,1-2H3,(H,14,15). The highest BCUT2D eigenvalue weighted by molar-refractivity contribution is 5.75. The number of likely N-dealkylation sites (tertiary alicyclic amines) is 1. The second-order valence-corrected chi connectivity index (χ2v) is 4.67. The molecule has 4 heteroatoms. The van der Waals surface area contributed by atoms with Crippen LogP contribution in [0, 0.1) is 5.41 Å². The van der Waals surface area contributed by atoms with Crippen molar-refractivity contribution in [2.24, 2.45) is 5.41 Å². The molecule has 1 aliphatic heterocycles. The van der Waals surface area contributed by atoms with Crippen molar-refractivity contribution in [3.8, 4) is 0 Å². The third-order valence-corrected chi connectivity index (χ3v) is 3.61. The van der Waals surface area contributed by atoms with E-state index in [9.17, 15) is 9.90 Å². The third kappa shape index (κ3) is 3.19. The van der Waals surface area contributed by atoms with Gasteiger partial charge in [0.25, 0.3) is 0 Å². The molecule has 0 radical (unpaired) electrons. The van der Waals surface area contributed by atoms with Crippen LogP contribution < -0.4 is 0 Å². The van der Waals surface area contributed by atoms with Gasteiger partial charge >= 0.3 is 5.97 Å². The topological polar surface area (TPSA) is 49.8 Å². The first-order chi connectivity index (χ1) is 7.64. The number of carboxylic acids is 1. The van der Waals surface area contributed by atoms with Crippen molar-refractivity contribution >= 4 is 5.97 Å². The van der Waals surface area contributed by atoms with Crippen molar-refractivity contribution in [3.05, 3.63) is 0 Å². The first-order valence-corrected chi connectivity index (χ1v) is 6.09. The van der Waals surface area contributed by atoms with Gasteiger partial charge in [0.05, 0.1) is 5.41 Å². The van der Waals surface area contributed by atoms with Gasteiger partial charge in [0.2, 0.25) is 0 Å². The third-order valence-electron chi connectivity index (χ3n) is 3.61. The Bertz CT molecular complexity index is 232. The van der Waals surface area contributed by atoms with E-state index in [0.717, 1.165) is 45.4 Å². The van der Waals surface area contributed by atoms with Gasteiger partial charge < -0.3 is 14.7 Å². The molecule has 0 amide bonds. The zero-order valence-electron chi connectivity index (χ0n) is 10.4. The Labute approximate surface area is 97.6 Å². The number of hydrogen-bond donors (Lipinski definition) is 1. The average Bonchev–Trinajstić information content (AvgIpc) is 2.29. The van der Waals surface area contributed by atoms with Crippen LogP contribution in [0.25, 0.3) is 0 Å². The quantitative estimate of drug-likeness (QED) is 0.703. The molecule has 0 aromatic heterocycles. The molecule has 1 rings (SSSR count). The minimum absolute atomic E-state index is 0.509. The molecule has 0 bridgehead atoms. The molecular formula is C12H23NO3. The Morgan fingerprint density at radius 1 is 1.56 bits per heavy atom. The minimum Gasteiger partial charge on any atom is -0.481 e. The molecule has 1 unspecified atom stereocenters. The average molecular weight is 229 g/mol. The van der Waals surface area contributed by atoms with Gasteiger partial charge in [-0.25, -0.2) is 0 Å². The number of methoxy groups -OCH3 is 1. The van der Waals surface area contributed by atoms with Crippen LogP contribution in [0.1, 0.15) is 32.6 Å². The summed E-state index contributed by atoms with van der Waals surface area (Å²) in [6.07, 6.45) is 3.52. The highest BCUT2D eigenvalue weighted by Gasteiger charge is 2.40. The van der Waals surface area contributed by atoms with E-state index in [1.54, 1.807) is 7.11 Å². The van der Waals surface area contributed by atoms with Gasteiger partial charge in [-0.1, -0.05) is 6.92 Å². The van der Waals surface area contributed by atoms with Crippen LogP contribution in [-0.4, -0.2) is 49.3 Å². The molecule has 1 N–H and O–H groups in total. The van der Waals surface area contributed by atoms with Gasteiger partial charge in [-0.15, -0.1) is 0 Å². The lowest BCUT2D eigenvalue weighted by atomic mass is 9.77. The maximum absolute atomic E-state index is 11.3. The Morgan fingerprint density at radius 3 is 2.88 bits per heavy atom. The molecule has 0 aromatic rings. The number of carbonyl (C=O) groups is 1. The van der Waals surface area contributed by atoms with Crippen LogP contribution in [-0.2, 0) is 9.53 Å². The number of ether oxygens (including phenoxy) is 1. The molecule has 1 saturated heterocycles. The molecule has 1 aliphatic rings. The van der Waals surface area contributed by atoms with Gasteiger partial charge in [-0.05, 0) is 32.2 Å². The number of aliphatic carboxylic acids is 1. The van der Waals surface area contributed by atoms with Gasteiger partial charge in [-0.2, -0.15) is 0 Å². The number of piperidine rings is 1. The van der Waals surface area contributed by atoms with Crippen molar-refractivity contribution in [3.63, 3.8) is 0 Å². The van der Waals surface area contributed by atoms with Crippen LogP contribution in [0.3, 0.4) is 0 Å². The number of hydrogen-bond acceptors (Lipinski definition) is 3. The zero-order valence-corrected chi connectivity index (χ0v) is 10.4. The number of nitrogens with zero attached hydrogens (tertiary/aromatic N) is 1. The SMILES string of the molecule is CCC1(C(=O)O)CCCN(CCCOC)C1. The predicted octanol–water partition coefficient (Wildman–Crippen LogP) is 1.60. The molecule has 1 fully saturated rings. The van der Waals surface area contributed by atoms with Crippen LogP contribution in [0.2, 0.25) is 0 Å². The summed E-state index contributed by atoms with van der Waals surface area (Å²) in [4.78, 5) is 13.6. The van der Waals surface area contributed by atoms with Crippen LogP contribution in [0.5, 0.6) is 0 Å². The van der Waals surface area contributed by atoms with Crippen molar-refractivity contribution in [2.45, 2.75) is 32.6 Å². The Hall–Kier alpha value is -0.610. The van der Waals surface area contributed by atoms with Gasteiger partial charge in [0.15, 0.2) is 0 Å². The second kappa shape index (κ2) is 6.21. The molecule has 0 aliphatic carbocycles. The van der Waals surface area contributed by atoms with Gasteiger partial charge in [-0.3, -0.25) is 4.79 Å². The lowest BCUT2D eigenvalue weighted by Gasteiger charge is -2.39. The summed E-state index contributed by atoms with van der Waals surface area (Å²) in [6.45, 7) is 5.40. The second-order valence-electron chi connectivity index (χ2n) is 4.67. The van der Waals surface area contributed by atoms with E-state index in [1.165, 1.54) is 0 Å². The van der Waals surface area contributed by atoms with Crippen molar-refractivity contribution < 1.29 is 14.6 Å². The van der Waals surface area contributed by atoms with Crippen molar-refractivity contribution in [1.82, 2.24) is 4.90 Å².